The SMILES string of the molecule is CC(C)C[C@@H](CC(=O)O)NC(=O)CC(CCCCN)NC(=O)C[C@@H](N)C(C)C.O=COCC1c2ccccc2-c2ccccc21. The van der Waals surface area contributed by atoms with E-state index in [1.54, 1.807) is 0 Å². The van der Waals surface area contributed by atoms with Crippen LogP contribution in [0.25, 0.3) is 11.1 Å². The van der Waals surface area contributed by atoms with Gasteiger partial charge in [-0.1, -0.05) is 82.6 Å². The molecule has 1 aliphatic rings. The van der Waals surface area contributed by atoms with E-state index in [0.717, 1.165) is 12.8 Å². The zero-order valence-electron chi connectivity index (χ0n) is 27.2. The number of amides is 2. The Morgan fingerprint density at radius 2 is 1.42 bits per heavy atom. The van der Waals surface area contributed by atoms with Crippen LogP contribution in [-0.4, -0.2) is 60.6 Å². The third-order valence-electron chi connectivity index (χ3n) is 7.92. The Morgan fingerprint density at radius 1 is 0.867 bits per heavy atom. The average molecular weight is 625 g/mol. The van der Waals surface area contributed by atoms with E-state index in [-0.39, 0.29) is 60.9 Å². The maximum absolute atomic E-state index is 12.5. The smallest absolute Gasteiger partial charge is 0.305 e. The van der Waals surface area contributed by atoms with Crippen molar-refractivity contribution in [2.45, 2.75) is 96.7 Å². The molecule has 10 nitrogen and oxygen atoms in total. The Hall–Kier alpha value is -3.76. The summed E-state index contributed by atoms with van der Waals surface area (Å²) in [6.07, 6.45) is 3.05. The second kappa shape index (κ2) is 19.6. The van der Waals surface area contributed by atoms with Gasteiger partial charge in [-0.25, -0.2) is 0 Å². The Labute approximate surface area is 267 Å². The molecule has 0 radical (unpaired) electrons. The normalized spacial score (nSPS) is 14.0. The molecule has 3 rings (SSSR count). The van der Waals surface area contributed by atoms with E-state index in [1.807, 2.05) is 52.0 Å². The molecule has 0 saturated carbocycles. The van der Waals surface area contributed by atoms with Gasteiger partial charge in [0.2, 0.25) is 11.8 Å². The number of nitrogens with two attached hydrogens (primary N) is 2. The van der Waals surface area contributed by atoms with Crippen LogP contribution in [0.1, 0.15) is 89.7 Å². The Balaban J connectivity index is 0.000000348. The van der Waals surface area contributed by atoms with E-state index in [1.165, 1.54) is 22.3 Å². The molecule has 0 heterocycles. The summed E-state index contributed by atoms with van der Waals surface area (Å²) in [6.45, 7) is 9.37. The highest BCUT2D eigenvalue weighted by molar-refractivity contribution is 5.81. The van der Waals surface area contributed by atoms with Crippen LogP contribution in [0.2, 0.25) is 0 Å². The molecule has 2 amide bonds. The van der Waals surface area contributed by atoms with E-state index in [2.05, 4.69) is 34.9 Å². The molecule has 45 heavy (non-hydrogen) atoms. The maximum atomic E-state index is 12.5. The van der Waals surface area contributed by atoms with Crippen molar-refractivity contribution in [3.8, 4) is 11.1 Å². The molecule has 1 aliphatic carbocycles. The number of unbranched alkanes of at least 4 members (excludes halogenated alkanes) is 1. The summed E-state index contributed by atoms with van der Waals surface area (Å²) < 4.78 is 4.95. The number of nitrogens with one attached hydrogen (secondary N) is 2. The molecule has 2 aromatic carbocycles. The highest BCUT2D eigenvalue weighted by Crippen LogP contribution is 2.44. The fraction of sp³-hybridized carbons (Fsp3) is 0.543. The Kier molecular flexibility index (Phi) is 16.3. The van der Waals surface area contributed by atoms with E-state index >= 15 is 0 Å². The van der Waals surface area contributed by atoms with Crippen molar-refractivity contribution >= 4 is 24.3 Å². The zero-order chi connectivity index (χ0) is 33.4. The van der Waals surface area contributed by atoms with E-state index in [9.17, 15) is 19.2 Å². The molecule has 0 aliphatic heterocycles. The lowest BCUT2D eigenvalue weighted by atomic mass is 9.98. The fourth-order valence-electron chi connectivity index (χ4n) is 5.56. The summed E-state index contributed by atoms with van der Waals surface area (Å²) in [6, 6.07) is 15.6. The monoisotopic (exact) mass is 624 g/mol. The molecule has 0 saturated heterocycles. The molecule has 0 bridgehead atoms. The van der Waals surface area contributed by atoms with Gasteiger partial charge in [0, 0.05) is 36.9 Å². The summed E-state index contributed by atoms with van der Waals surface area (Å²) in [4.78, 5) is 46.1. The minimum Gasteiger partial charge on any atom is -0.481 e. The second-order valence-electron chi connectivity index (χ2n) is 12.5. The number of hydrogen-bond donors (Lipinski definition) is 5. The van der Waals surface area contributed by atoms with Gasteiger partial charge in [-0.15, -0.1) is 0 Å². The largest absolute Gasteiger partial charge is 0.481 e. The standard InChI is InChI=1S/C20H40N4O4.C15H12O2/c1-13(2)9-16(11-20(27)28)24-18(25)10-15(7-5-6-8-21)23-19(26)12-17(22)14(3)4;16-10-17-9-15-13-7-3-1-5-11(13)12-6-2-4-8-14(12)15/h13-17H,5-12,21-22H2,1-4H3,(H,23,26)(H,24,25)(H,27,28);1-8,10,15H,9H2/t15?,16-,17+;/m0./s1. The number of carboxylic acid groups (broad SMARTS) is 1. The van der Waals surface area contributed by atoms with Gasteiger partial charge in [-0.05, 0) is 59.9 Å². The third-order valence-corrected chi connectivity index (χ3v) is 7.92. The van der Waals surface area contributed by atoms with Gasteiger partial charge in [-0.2, -0.15) is 0 Å². The average Bonchev–Trinajstić information content (AvgIpc) is 3.29. The predicted octanol–water partition coefficient (Wildman–Crippen LogP) is 4.34. The molecule has 0 spiro atoms. The van der Waals surface area contributed by atoms with Crippen molar-refractivity contribution in [3.63, 3.8) is 0 Å². The highest BCUT2D eigenvalue weighted by atomic mass is 16.5. The third kappa shape index (κ3) is 13.0. The summed E-state index contributed by atoms with van der Waals surface area (Å²) in [7, 11) is 0. The van der Waals surface area contributed by atoms with Gasteiger partial charge in [0.15, 0.2) is 0 Å². The molecule has 10 heteroatoms. The molecule has 2 aromatic rings. The Bertz CT molecular complexity index is 1190. The van der Waals surface area contributed by atoms with Crippen LogP contribution in [0.15, 0.2) is 48.5 Å². The second-order valence-corrected chi connectivity index (χ2v) is 12.5. The number of fused-ring (bicyclic) bond motifs is 3. The minimum absolute atomic E-state index is 0.113. The van der Waals surface area contributed by atoms with E-state index in [0.29, 0.717) is 32.5 Å². The van der Waals surface area contributed by atoms with Crippen molar-refractivity contribution in [3.05, 3.63) is 59.7 Å². The molecule has 248 valence electrons. The van der Waals surface area contributed by atoms with Crippen LogP contribution in [0.3, 0.4) is 0 Å². The first-order valence-corrected chi connectivity index (χ1v) is 16.0. The van der Waals surface area contributed by atoms with Crippen LogP contribution in [0.5, 0.6) is 0 Å². The molecule has 0 fully saturated rings. The fourth-order valence-corrected chi connectivity index (χ4v) is 5.56. The van der Waals surface area contributed by atoms with Crippen molar-refractivity contribution in [2.75, 3.05) is 13.2 Å². The van der Waals surface area contributed by atoms with Gasteiger partial charge >= 0.3 is 5.97 Å². The van der Waals surface area contributed by atoms with Gasteiger partial charge in [0.05, 0.1) is 6.42 Å². The predicted molar refractivity (Wildman–Crippen MR) is 176 cm³/mol. The first-order chi connectivity index (χ1) is 21.5. The van der Waals surface area contributed by atoms with Crippen LogP contribution < -0.4 is 22.1 Å². The van der Waals surface area contributed by atoms with Crippen LogP contribution in [-0.2, 0) is 23.9 Å². The number of benzene rings is 2. The number of ether oxygens (including phenoxy) is 1. The van der Waals surface area contributed by atoms with Gasteiger partial charge in [0.25, 0.3) is 6.47 Å². The zero-order valence-corrected chi connectivity index (χ0v) is 27.2. The van der Waals surface area contributed by atoms with Crippen molar-refractivity contribution in [2.24, 2.45) is 23.3 Å². The summed E-state index contributed by atoms with van der Waals surface area (Å²) >= 11 is 0. The summed E-state index contributed by atoms with van der Waals surface area (Å²) in [5.74, 6) is -0.733. The molecule has 7 N–H and O–H groups in total. The lowest BCUT2D eigenvalue weighted by Gasteiger charge is -2.23. The molecular weight excluding hydrogens is 572 g/mol. The minimum atomic E-state index is -0.943. The van der Waals surface area contributed by atoms with Gasteiger partial charge in [-0.3, -0.25) is 19.2 Å². The first-order valence-electron chi connectivity index (χ1n) is 16.0. The molecule has 0 aromatic heterocycles. The van der Waals surface area contributed by atoms with Crippen LogP contribution in [0, 0.1) is 11.8 Å². The number of carboxylic acids is 1. The number of hydrogen-bond acceptors (Lipinski definition) is 7. The van der Waals surface area contributed by atoms with Crippen molar-refractivity contribution in [1.29, 1.82) is 0 Å². The van der Waals surface area contributed by atoms with Crippen molar-refractivity contribution in [1.82, 2.24) is 10.6 Å². The molecule has 1 unspecified atom stereocenters. The molecule has 3 atom stereocenters. The lowest BCUT2D eigenvalue weighted by molar-refractivity contribution is -0.138. The first kappa shape index (κ1) is 37.4. The quantitative estimate of drug-likeness (QED) is 0.120. The number of aliphatic carboxylic acids is 1. The number of rotatable bonds is 18. The maximum Gasteiger partial charge on any atom is 0.305 e. The highest BCUT2D eigenvalue weighted by Gasteiger charge is 2.28. The van der Waals surface area contributed by atoms with Crippen LogP contribution >= 0.6 is 0 Å². The van der Waals surface area contributed by atoms with Gasteiger partial charge < -0.3 is 31.9 Å². The molecular formula is C35H52N4O6. The van der Waals surface area contributed by atoms with E-state index < -0.39 is 12.0 Å². The Morgan fingerprint density at radius 3 is 1.93 bits per heavy atom. The van der Waals surface area contributed by atoms with E-state index in [4.69, 9.17) is 21.3 Å². The number of carbonyl (C=O) groups excluding carboxylic acids is 3. The summed E-state index contributed by atoms with van der Waals surface area (Å²) in [5, 5.41) is 14.8. The lowest BCUT2D eigenvalue weighted by Crippen LogP contribution is -2.44. The topological polar surface area (TPSA) is 174 Å². The summed E-state index contributed by atoms with van der Waals surface area (Å²) in [5.41, 5.74) is 16.5. The van der Waals surface area contributed by atoms with Gasteiger partial charge in [0.1, 0.15) is 6.61 Å². The number of carbonyl (C=O) groups is 4. The van der Waals surface area contributed by atoms with Crippen molar-refractivity contribution < 1.29 is 29.0 Å². The van der Waals surface area contributed by atoms with Crippen LogP contribution in [0.4, 0.5) is 0 Å².